The molecule has 0 spiro atoms. The predicted molar refractivity (Wildman–Crippen MR) is 93.3 cm³/mol. The molecule has 3 aromatic rings. The summed E-state index contributed by atoms with van der Waals surface area (Å²) in [4.78, 5) is 17.9. The molecule has 0 unspecified atom stereocenters. The first-order valence-corrected chi connectivity index (χ1v) is 10.1. The molecule has 0 aromatic carbocycles. The number of nitrogens with zero attached hydrogens (tertiary/aromatic N) is 5. The molecule has 7 nitrogen and oxygen atoms in total. The van der Waals surface area contributed by atoms with Crippen molar-refractivity contribution in [1.29, 1.82) is 0 Å². The van der Waals surface area contributed by atoms with E-state index in [2.05, 4.69) is 20.3 Å². The fourth-order valence-electron chi connectivity index (χ4n) is 2.18. The first kappa shape index (κ1) is 15.7. The van der Waals surface area contributed by atoms with Crippen molar-refractivity contribution in [1.82, 2.24) is 20.3 Å². The zero-order valence-electron chi connectivity index (χ0n) is 12.7. The molecule has 0 aliphatic heterocycles. The summed E-state index contributed by atoms with van der Waals surface area (Å²) in [6.45, 7) is 1.57. The van der Waals surface area contributed by atoms with E-state index in [1.54, 1.807) is 23.2 Å². The molecular weight excluding hydrogens is 366 g/mol. The fourth-order valence-corrected chi connectivity index (χ4v) is 4.61. The molecule has 4 rings (SSSR count). The first-order chi connectivity index (χ1) is 11.7. The van der Waals surface area contributed by atoms with Crippen molar-refractivity contribution in [3.05, 3.63) is 22.7 Å². The van der Waals surface area contributed by atoms with Gasteiger partial charge in [0.25, 0.3) is 0 Å². The van der Waals surface area contributed by atoms with Crippen molar-refractivity contribution in [2.45, 2.75) is 35.9 Å². The zero-order chi connectivity index (χ0) is 16.5. The second-order valence-electron chi connectivity index (χ2n) is 5.28. The quantitative estimate of drug-likeness (QED) is 0.479. The molecule has 0 atom stereocenters. The van der Waals surface area contributed by atoms with Crippen molar-refractivity contribution in [3.8, 4) is 11.4 Å². The monoisotopic (exact) mass is 379 g/mol. The lowest BCUT2D eigenvalue weighted by atomic mass is 10.3. The van der Waals surface area contributed by atoms with Gasteiger partial charge < -0.3 is 4.52 Å². The third kappa shape index (κ3) is 3.35. The Bertz CT molecular complexity index is 840. The number of carbonyl (C=O) groups excluding carboxylic acids is 1. The van der Waals surface area contributed by atoms with Crippen LogP contribution in [-0.2, 0) is 10.5 Å². The highest BCUT2D eigenvalue weighted by molar-refractivity contribution is 8.00. The van der Waals surface area contributed by atoms with Crippen molar-refractivity contribution in [2.24, 2.45) is 0 Å². The van der Waals surface area contributed by atoms with Gasteiger partial charge in [0.15, 0.2) is 4.34 Å². The van der Waals surface area contributed by atoms with E-state index in [4.69, 9.17) is 4.52 Å². The lowest BCUT2D eigenvalue weighted by molar-refractivity contribution is -0.116. The Hall–Kier alpha value is -1.78. The van der Waals surface area contributed by atoms with Crippen molar-refractivity contribution in [3.63, 3.8) is 0 Å². The molecule has 1 fully saturated rings. The summed E-state index contributed by atoms with van der Waals surface area (Å²) >= 11 is 4.49. The van der Waals surface area contributed by atoms with Gasteiger partial charge in [-0.05, 0) is 24.3 Å². The average molecular weight is 379 g/mol. The predicted octanol–water partition coefficient (Wildman–Crippen LogP) is 3.46. The Labute approximate surface area is 150 Å². The molecule has 124 valence electrons. The molecule has 1 saturated carbocycles. The van der Waals surface area contributed by atoms with Crippen molar-refractivity contribution >= 4 is 45.5 Å². The number of thioether (sulfide) groups is 1. The molecule has 0 radical (unpaired) electrons. The van der Waals surface area contributed by atoms with Gasteiger partial charge in [0.2, 0.25) is 22.8 Å². The molecule has 3 aromatic heterocycles. The summed E-state index contributed by atoms with van der Waals surface area (Å²) in [6.07, 6.45) is 2.07. The van der Waals surface area contributed by atoms with Gasteiger partial charge in [-0.1, -0.05) is 28.3 Å². The van der Waals surface area contributed by atoms with Crippen LogP contribution in [0.3, 0.4) is 0 Å². The zero-order valence-corrected chi connectivity index (χ0v) is 15.2. The maximum atomic E-state index is 11.8. The normalized spacial score (nSPS) is 14.0. The summed E-state index contributed by atoms with van der Waals surface area (Å²) in [5.41, 5.74) is 0.958. The molecule has 0 saturated heterocycles. The van der Waals surface area contributed by atoms with Crippen LogP contribution < -0.4 is 4.90 Å². The lowest BCUT2D eigenvalue weighted by Crippen LogP contribution is -2.30. The van der Waals surface area contributed by atoms with E-state index >= 15 is 0 Å². The minimum atomic E-state index is 0.0162. The Kier molecular flexibility index (Phi) is 4.33. The molecule has 1 aliphatic rings. The number of hydrogen-bond donors (Lipinski definition) is 0. The Morgan fingerprint density at radius 2 is 2.33 bits per heavy atom. The van der Waals surface area contributed by atoms with Gasteiger partial charge in [-0.2, -0.15) is 16.3 Å². The van der Waals surface area contributed by atoms with Crippen LogP contribution in [0.25, 0.3) is 11.4 Å². The second-order valence-corrected chi connectivity index (χ2v) is 8.24. The molecular formula is C14H13N5O2S3. The van der Waals surface area contributed by atoms with Gasteiger partial charge in [0.1, 0.15) is 0 Å². The number of amides is 1. The molecule has 0 bridgehead atoms. The van der Waals surface area contributed by atoms with Crippen LogP contribution in [0.4, 0.5) is 5.13 Å². The van der Waals surface area contributed by atoms with E-state index in [0.29, 0.717) is 22.6 Å². The topological polar surface area (TPSA) is 85.0 Å². The van der Waals surface area contributed by atoms with Gasteiger partial charge >= 0.3 is 0 Å². The van der Waals surface area contributed by atoms with Gasteiger partial charge in [0, 0.05) is 23.9 Å². The molecule has 0 N–H and O–H groups in total. The van der Waals surface area contributed by atoms with Gasteiger partial charge in [-0.15, -0.1) is 10.2 Å². The number of rotatable bonds is 6. The van der Waals surface area contributed by atoms with Crippen LogP contribution >= 0.6 is 34.4 Å². The number of aromatic nitrogens is 4. The molecule has 1 amide bonds. The number of anilines is 1. The number of hydrogen-bond acceptors (Lipinski definition) is 9. The highest BCUT2D eigenvalue weighted by Gasteiger charge is 2.34. The molecule has 3 heterocycles. The first-order valence-electron chi connectivity index (χ1n) is 7.32. The lowest BCUT2D eigenvalue weighted by Gasteiger charge is -2.15. The number of carbonyl (C=O) groups is 1. The largest absolute Gasteiger partial charge is 0.338 e. The van der Waals surface area contributed by atoms with Crippen LogP contribution in [0, 0.1) is 0 Å². The van der Waals surface area contributed by atoms with Crippen LogP contribution in [0.5, 0.6) is 0 Å². The highest BCUT2D eigenvalue weighted by atomic mass is 32.2. The fraction of sp³-hybridized carbons (Fsp3) is 0.357. The van der Waals surface area contributed by atoms with E-state index < -0.39 is 0 Å². The summed E-state index contributed by atoms with van der Waals surface area (Å²) < 4.78 is 6.05. The number of thiophene rings is 1. The maximum Gasteiger partial charge on any atom is 0.237 e. The van der Waals surface area contributed by atoms with Gasteiger partial charge in [0.05, 0.1) is 5.75 Å². The summed E-state index contributed by atoms with van der Waals surface area (Å²) in [5, 5.41) is 16.9. The summed E-state index contributed by atoms with van der Waals surface area (Å²) in [7, 11) is 0. The highest BCUT2D eigenvalue weighted by Crippen LogP contribution is 2.36. The minimum absolute atomic E-state index is 0.0162. The summed E-state index contributed by atoms with van der Waals surface area (Å²) in [6, 6.07) is 2.25. The van der Waals surface area contributed by atoms with Crippen LogP contribution in [0.15, 0.2) is 25.7 Å². The SMILES string of the molecule is CC(=O)N(c1nnc(SCc2nc(-c3ccsc3)no2)s1)C1CC1. The van der Waals surface area contributed by atoms with E-state index in [9.17, 15) is 4.79 Å². The third-order valence-corrected chi connectivity index (χ3v) is 6.14. The van der Waals surface area contributed by atoms with Crippen LogP contribution in [-0.4, -0.2) is 32.3 Å². The van der Waals surface area contributed by atoms with Gasteiger partial charge in [-0.3, -0.25) is 9.69 Å². The molecule has 10 heteroatoms. The van der Waals surface area contributed by atoms with Gasteiger partial charge in [-0.25, -0.2) is 0 Å². The maximum absolute atomic E-state index is 11.8. The Morgan fingerprint density at radius 3 is 3.04 bits per heavy atom. The van der Waals surface area contributed by atoms with Crippen molar-refractivity contribution in [2.75, 3.05) is 4.90 Å². The van der Waals surface area contributed by atoms with E-state index in [0.717, 1.165) is 22.7 Å². The Morgan fingerprint density at radius 1 is 1.46 bits per heavy atom. The van der Waals surface area contributed by atoms with E-state index in [1.165, 1.54) is 23.1 Å². The minimum Gasteiger partial charge on any atom is -0.338 e. The van der Waals surface area contributed by atoms with Crippen LogP contribution in [0.2, 0.25) is 0 Å². The van der Waals surface area contributed by atoms with E-state index in [1.807, 2.05) is 16.8 Å². The van der Waals surface area contributed by atoms with Crippen molar-refractivity contribution < 1.29 is 9.32 Å². The smallest absolute Gasteiger partial charge is 0.237 e. The van der Waals surface area contributed by atoms with Crippen LogP contribution in [0.1, 0.15) is 25.7 Å². The third-order valence-electron chi connectivity index (χ3n) is 3.42. The Balaban J connectivity index is 1.40. The molecule has 24 heavy (non-hydrogen) atoms. The molecule has 1 aliphatic carbocycles. The second kappa shape index (κ2) is 6.61. The summed E-state index contributed by atoms with van der Waals surface area (Å²) in [5.74, 6) is 1.68. The standard InChI is InChI=1S/C14H13N5O2S3/c1-8(20)19(10-2-3-10)13-16-17-14(24-13)23-7-11-15-12(18-21-11)9-4-5-22-6-9/h4-6,10H,2-3,7H2,1H3. The average Bonchev–Trinajstić information content (AvgIpc) is 3.02. The van der Waals surface area contributed by atoms with E-state index in [-0.39, 0.29) is 11.9 Å².